The molecule has 2 aromatic rings. The van der Waals surface area contributed by atoms with Gasteiger partial charge in [0.2, 0.25) is 5.13 Å². The molecule has 108 valence electrons. The second kappa shape index (κ2) is 7.21. The maximum absolute atomic E-state index is 5.66. The normalized spacial score (nSPS) is 10.8. The van der Waals surface area contributed by atoms with Gasteiger partial charge in [0.25, 0.3) is 0 Å². The van der Waals surface area contributed by atoms with Crippen LogP contribution in [0.15, 0.2) is 24.3 Å². The number of aryl methyl sites for hydroxylation is 1. The Morgan fingerprint density at radius 2 is 2.00 bits per heavy atom. The fourth-order valence-corrected chi connectivity index (χ4v) is 2.17. The molecule has 0 spiro atoms. The van der Waals surface area contributed by atoms with E-state index < -0.39 is 0 Å². The first-order valence-electron chi connectivity index (χ1n) is 6.54. The Kier molecular flexibility index (Phi) is 5.31. The maximum atomic E-state index is 5.66. The lowest BCUT2D eigenvalue weighted by atomic mass is 10.2. The SMILES string of the molecule is Cc1nsc(NCc2ccc(OCCN(C)C)cc2)n1. The molecule has 0 bridgehead atoms. The van der Waals surface area contributed by atoms with Gasteiger partial charge in [-0.2, -0.15) is 4.37 Å². The van der Waals surface area contributed by atoms with Crippen LogP contribution in [0, 0.1) is 6.92 Å². The van der Waals surface area contributed by atoms with Crippen molar-refractivity contribution < 1.29 is 4.74 Å². The second-order valence-corrected chi connectivity index (χ2v) is 5.55. The number of rotatable bonds is 7. The van der Waals surface area contributed by atoms with Crippen LogP contribution >= 0.6 is 11.5 Å². The van der Waals surface area contributed by atoms with E-state index in [1.54, 1.807) is 0 Å². The fraction of sp³-hybridized carbons (Fsp3) is 0.429. The van der Waals surface area contributed by atoms with Crippen molar-refractivity contribution in [2.45, 2.75) is 13.5 Å². The van der Waals surface area contributed by atoms with Gasteiger partial charge in [-0.25, -0.2) is 4.98 Å². The summed E-state index contributed by atoms with van der Waals surface area (Å²) in [6.07, 6.45) is 0. The third kappa shape index (κ3) is 4.79. The van der Waals surface area contributed by atoms with E-state index in [0.29, 0.717) is 6.61 Å². The molecule has 1 heterocycles. The number of benzene rings is 1. The zero-order valence-corrected chi connectivity index (χ0v) is 12.9. The van der Waals surface area contributed by atoms with Crippen molar-refractivity contribution in [3.05, 3.63) is 35.7 Å². The minimum absolute atomic E-state index is 0.703. The Labute approximate surface area is 123 Å². The molecular weight excluding hydrogens is 272 g/mol. The highest BCUT2D eigenvalue weighted by Gasteiger charge is 2.00. The van der Waals surface area contributed by atoms with Crippen molar-refractivity contribution in [2.75, 3.05) is 32.6 Å². The van der Waals surface area contributed by atoms with Crippen LogP contribution < -0.4 is 10.1 Å². The molecule has 0 aliphatic carbocycles. The van der Waals surface area contributed by atoms with Crippen molar-refractivity contribution >= 4 is 16.7 Å². The quantitative estimate of drug-likeness (QED) is 0.849. The van der Waals surface area contributed by atoms with E-state index in [0.717, 1.165) is 29.8 Å². The number of anilines is 1. The van der Waals surface area contributed by atoms with Gasteiger partial charge in [0.15, 0.2) is 0 Å². The first-order valence-corrected chi connectivity index (χ1v) is 7.31. The topological polar surface area (TPSA) is 50.3 Å². The summed E-state index contributed by atoms with van der Waals surface area (Å²) in [5, 5.41) is 4.11. The predicted octanol–water partition coefficient (Wildman–Crippen LogP) is 2.40. The molecule has 2 rings (SSSR count). The van der Waals surface area contributed by atoms with E-state index >= 15 is 0 Å². The molecule has 0 radical (unpaired) electrons. The molecule has 0 saturated carbocycles. The summed E-state index contributed by atoms with van der Waals surface area (Å²) in [4.78, 5) is 6.37. The molecule has 0 amide bonds. The molecule has 0 atom stereocenters. The van der Waals surface area contributed by atoms with Crippen LogP contribution in [0.4, 0.5) is 5.13 Å². The monoisotopic (exact) mass is 292 g/mol. The van der Waals surface area contributed by atoms with E-state index in [2.05, 4.69) is 31.7 Å². The van der Waals surface area contributed by atoms with Gasteiger partial charge in [-0.15, -0.1) is 0 Å². The smallest absolute Gasteiger partial charge is 0.202 e. The van der Waals surface area contributed by atoms with Crippen LogP contribution in [0.2, 0.25) is 0 Å². The lowest BCUT2D eigenvalue weighted by Crippen LogP contribution is -2.19. The van der Waals surface area contributed by atoms with Crippen LogP contribution in [0.3, 0.4) is 0 Å². The largest absolute Gasteiger partial charge is 0.492 e. The fourth-order valence-electron chi connectivity index (χ4n) is 1.60. The minimum atomic E-state index is 0.703. The van der Waals surface area contributed by atoms with Crippen molar-refractivity contribution in [1.82, 2.24) is 14.3 Å². The Bertz CT molecular complexity index is 524. The predicted molar refractivity (Wildman–Crippen MR) is 82.5 cm³/mol. The highest BCUT2D eigenvalue weighted by molar-refractivity contribution is 7.09. The highest BCUT2D eigenvalue weighted by Crippen LogP contribution is 2.15. The highest BCUT2D eigenvalue weighted by atomic mass is 32.1. The zero-order valence-electron chi connectivity index (χ0n) is 12.1. The van der Waals surface area contributed by atoms with E-state index in [1.807, 2.05) is 33.2 Å². The molecule has 0 aliphatic heterocycles. The number of nitrogens with zero attached hydrogens (tertiary/aromatic N) is 3. The lowest BCUT2D eigenvalue weighted by molar-refractivity contribution is 0.261. The number of aromatic nitrogens is 2. The number of hydrogen-bond donors (Lipinski definition) is 1. The number of nitrogens with one attached hydrogen (secondary N) is 1. The van der Waals surface area contributed by atoms with Crippen molar-refractivity contribution in [2.24, 2.45) is 0 Å². The Hall–Kier alpha value is -1.66. The van der Waals surface area contributed by atoms with Gasteiger partial charge in [-0.1, -0.05) is 12.1 Å². The first-order chi connectivity index (χ1) is 9.63. The van der Waals surface area contributed by atoms with Crippen molar-refractivity contribution in [1.29, 1.82) is 0 Å². The zero-order chi connectivity index (χ0) is 14.4. The summed E-state index contributed by atoms with van der Waals surface area (Å²) < 4.78 is 9.79. The number of ether oxygens (including phenoxy) is 1. The molecular formula is C14H20N4OS. The number of hydrogen-bond acceptors (Lipinski definition) is 6. The van der Waals surface area contributed by atoms with Gasteiger partial charge in [-0.3, -0.25) is 0 Å². The number of likely N-dealkylation sites (N-methyl/N-ethyl adjacent to an activating group) is 1. The molecule has 0 fully saturated rings. The Morgan fingerprint density at radius 3 is 2.60 bits per heavy atom. The summed E-state index contributed by atoms with van der Waals surface area (Å²) in [6, 6.07) is 8.12. The first kappa shape index (κ1) is 14.7. The van der Waals surface area contributed by atoms with Gasteiger partial charge < -0.3 is 15.0 Å². The van der Waals surface area contributed by atoms with Crippen molar-refractivity contribution in [3.8, 4) is 5.75 Å². The van der Waals surface area contributed by atoms with E-state index in [9.17, 15) is 0 Å². The molecule has 0 saturated heterocycles. The minimum Gasteiger partial charge on any atom is -0.492 e. The summed E-state index contributed by atoms with van der Waals surface area (Å²) in [7, 11) is 4.07. The standard InChI is InChI=1S/C14H20N4OS/c1-11-16-14(20-17-11)15-10-12-4-6-13(7-5-12)19-9-8-18(2)3/h4-7H,8-10H2,1-3H3,(H,15,16,17). The van der Waals surface area contributed by atoms with Gasteiger partial charge >= 0.3 is 0 Å². The molecule has 5 nitrogen and oxygen atoms in total. The molecule has 0 unspecified atom stereocenters. The van der Waals surface area contributed by atoms with E-state index in [4.69, 9.17) is 4.74 Å². The third-order valence-corrected chi connectivity index (χ3v) is 3.47. The van der Waals surface area contributed by atoms with Crippen LogP contribution in [0.1, 0.15) is 11.4 Å². The summed E-state index contributed by atoms with van der Waals surface area (Å²) >= 11 is 1.38. The third-order valence-electron chi connectivity index (χ3n) is 2.70. The summed E-state index contributed by atoms with van der Waals surface area (Å²) in [6.45, 7) is 4.25. The van der Waals surface area contributed by atoms with Crippen LogP contribution in [0.5, 0.6) is 5.75 Å². The van der Waals surface area contributed by atoms with Crippen LogP contribution in [0.25, 0.3) is 0 Å². The van der Waals surface area contributed by atoms with Crippen molar-refractivity contribution in [3.63, 3.8) is 0 Å². The van der Waals surface area contributed by atoms with E-state index in [1.165, 1.54) is 17.1 Å². The molecule has 20 heavy (non-hydrogen) atoms. The van der Waals surface area contributed by atoms with Gasteiger partial charge in [-0.05, 0) is 38.7 Å². The summed E-state index contributed by atoms with van der Waals surface area (Å²) in [5.74, 6) is 1.71. The molecule has 1 N–H and O–H groups in total. The lowest BCUT2D eigenvalue weighted by Gasteiger charge is -2.11. The molecule has 1 aromatic heterocycles. The van der Waals surface area contributed by atoms with E-state index in [-0.39, 0.29) is 0 Å². The van der Waals surface area contributed by atoms with Crippen LogP contribution in [-0.2, 0) is 6.54 Å². The average molecular weight is 292 g/mol. The average Bonchev–Trinajstić information content (AvgIpc) is 2.83. The summed E-state index contributed by atoms with van der Waals surface area (Å²) in [5.41, 5.74) is 1.19. The van der Waals surface area contributed by atoms with Crippen LogP contribution in [-0.4, -0.2) is 41.5 Å². The molecule has 6 heteroatoms. The Morgan fingerprint density at radius 1 is 1.25 bits per heavy atom. The maximum Gasteiger partial charge on any atom is 0.202 e. The van der Waals surface area contributed by atoms with Gasteiger partial charge in [0.05, 0.1) is 0 Å². The molecule has 1 aromatic carbocycles. The van der Waals surface area contributed by atoms with Gasteiger partial charge in [0, 0.05) is 24.6 Å². The molecule has 0 aliphatic rings. The Balaban J connectivity index is 1.79. The second-order valence-electron chi connectivity index (χ2n) is 4.80. The van der Waals surface area contributed by atoms with Gasteiger partial charge in [0.1, 0.15) is 18.2 Å².